The molecule has 4 nitrogen and oxygen atoms in total. The predicted molar refractivity (Wildman–Crippen MR) is 96.1 cm³/mol. The van der Waals surface area contributed by atoms with E-state index in [0.29, 0.717) is 6.54 Å². The number of aryl methyl sites for hydroxylation is 1. The van der Waals surface area contributed by atoms with Crippen molar-refractivity contribution in [3.63, 3.8) is 0 Å². The topological polar surface area (TPSA) is 50.7 Å². The lowest BCUT2D eigenvalue weighted by atomic mass is 10.0. The van der Waals surface area contributed by atoms with Gasteiger partial charge >= 0.3 is 0 Å². The summed E-state index contributed by atoms with van der Waals surface area (Å²) in [5, 5.41) is 5.66. The molecule has 4 heteroatoms. The summed E-state index contributed by atoms with van der Waals surface area (Å²) in [4.78, 5) is 15.1. The Kier molecular flexibility index (Phi) is 3.50. The number of nitrogens with one attached hydrogen (secondary N) is 1. The molecular weight excluding hydrogens is 298 g/mol. The fourth-order valence-electron chi connectivity index (χ4n) is 3.10. The second-order valence-electron chi connectivity index (χ2n) is 5.87. The first-order valence-electron chi connectivity index (χ1n) is 7.92. The molecule has 2 aromatic heterocycles. The molecule has 0 atom stereocenters. The van der Waals surface area contributed by atoms with Crippen LogP contribution in [0.4, 0.5) is 0 Å². The quantitative estimate of drug-likeness (QED) is 0.626. The van der Waals surface area contributed by atoms with Crippen molar-refractivity contribution in [2.24, 2.45) is 0 Å². The molecule has 0 amide bonds. The van der Waals surface area contributed by atoms with Crippen LogP contribution < -0.4 is 5.56 Å². The Balaban J connectivity index is 1.93. The van der Waals surface area contributed by atoms with Crippen LogP contribution in [0.3, 0.4) is 0 Å². The van der Waals surface area contributed by atoms with Crippen LogP contribution in [-0.4, -0.2) is 14.8 Å². The zero-order valence-corrected chi connectivity index (χ0v) is 13.4. The van der Waals surface area contributed by atoms with Gasteiger partial charge in [0.2, 0.25) is 5.56 Å². The number of hydrogen-bond acceptors (Lipinski definition) is 2. The third-order valence-electron chi connectivity index (χ3n) is 4.17. The summed E-state index contributed by atoms with van der Waals surface area (Å²) in [5.74, 6) is 0. The van der Waals surface area contributed by atoms with E-state index in [1.807, 2.05) is 60.1 Å². The van der Waals surface area contributed by atoms with Gasteiger partial charge in [-0.25, -0.2) is 4.68 Å². The highest BCUT2D eigenvalue weighted by Crippen LogP contribution is 2.28. The van der Waals surface area contributed by atoms with Crippen molar-refractivity contribution < 1.29 is 0 Å². The number of aromatic amines is 1. The Bertz CT molecular complexity index is 1050. The lowest BCUT2D eigenvalue weighted by Crippen LogP contribution is -2.09. The Hall–Kier alpha value is -3.14. The highest BCUT2D eigenvalue weighted by Gasteiger charge is 2.14. The molecule has 0 aliphatic heterocycles. The first-order valence-corrected chi connectivity index (χ1v) is 7.92. The van der Waals surface area contributed by atoms with Gasteiger partial charge in [-0.1, -0.05) is 60.7 Å². The molecule has 118 valence electrons. The molecule has 0 bridgehead atoms. The van der Waals surface area contributed by atoms with Gasteiger partial charge in [0.05, 0.1) is 12.2 Å². The van der Waals surface area contributed by atoms with Crippen molar-refractivity contribution in [1.82, 2.24) is 14.8 Å². The summed E-state index contributed by atoms with van der Waals surface area (Å²) < 4.78 is 1.87. The average Bonchev–Trinajstić information content (AvgIpc) is 2.91. The lowest BCUT2D eigenvalue weighted by Gasteiger charge is -2.06. The molecule has 1 N–H and O–H groups in total. The monoisotopic (exact) mass is 315 g/mol. The standard InChI is InChI=1S/C20H17N3O/c1-14-19-17(16-10-6-3-7-11-16)12-18(24)21-20(19)23(22-14)13-15-8-4-2-5-9-15/h2-12H,13H2,1H3,(H,21,24). The number of hydrogen-bond donors (Lipinski definition) is 1. The summed E-state index contributed by atoms with van der Waals surface area (Å²) in [7, 11) is 0. The zero-order valence-electron chi connectivity index (χ0n) is 13.4. The normalized spacial score (nSPS) is 11.0. The Labute approximate surface area is 139 Å². The molecule has 4 rings (SSSR count). The van der Waals surface area contributed by atoms with E-state index >= 15 is 0 Å². The number of rotatable bonds is 3. The number of H-pyrrole nitrogens is 1. The van der Waals surface area contributed by atoms with E-state index in [4.69, 9.17) is 0 Å². The average molecular weight is 315 g/mol. The van der Waals surface area contributed by atoms with E-state index in [1.165, 1.54) is 0 Å². The second-order valence-corrected chi connectivity index (χ2v) is 5.87. The van der Waals surface area contributed by atoms with Crippen molar-refractivity contribution in [2.75, 3.05) is 0 Å². The smallest absolute Gasteiger partial charge is 0.250 e. The van der Waals surface area contributed by atoms with E-state index < -0.39 is 0 Å². The maximum atomic E-state index is 12.2. The van der Waals surface area contributed by atoms with Crippen LogP contribution in [0.15, 0.2) is 71.5 Å². The minimum absolute atomic E-state index is 0.115. The van der Waals surface area contributed by atoms with Gasteiger partial charge in [0.1, 0.15) is 5.65 Å². The van der Waals surface area contributed by atoms with Gasteiger partial charge < -0.3 is 4.98 Å². The van der Waals surface area contributed by atoms with E-state index in [9.17, 15) is 4.79 Å². The fraction of sp³-hybridized carbons (Fsp3) is 0.100. The molecule has 0 aliphatic carbocycles. The summed E-state index contributed by atoms with van der Waals surface area (Å²) >= 11 is 0. The Morgan fingerprint density at radius 2 is 1.67 bits per heavy atom. The minimum Gasteiger partial charge on any atom is -0.307 e. The molecular formula is C20H17N3O. The number of pyridine rings is 1. The Morgan fingerprint density at radius 3 is 2.38 bits per heavy atom. The van der Waals surface area contributed by atoms with Gasteiger partial charge in [-0.2, -0.15) is 5.10 Å². The molecule has 4 aromatic rings. The SMILES string of the molecule is Cc1nn(Cc2ccccc2)c2[nH]c(=O)cc(-c3ccccc3)c12. The number of aromatic nitrogens is 3. The predicted octanol–water partition coefficient (Wildman–Crippen LogP) is 3.75. The third-order valence-corrected chi connectivity index (χ3v) is 4.17. The van der Waals surface area contributed by atoms with Crippen molar-refractivity contribution in [3.8, 4) is 11.1 Å². The molecule has 0 fully saturated rings. The zero-order chi connectivity index (χ0) is 16.5. The van der Waals surface area contributed by atoms with Gasteiger partial charge in [0.15, 0.2) is 0 Å². The highest BCUT2D eigenvalue weighted by molar-refractivity contribution is 5.94. The van der Waals surface area contributed by atoms with E-state index in [2.05, 4.69) is 22.2 Å². The highest BCUT2D eigenvalue weighted by atomic mass is 16.1. The molecule has 0 saturated carbocycles. The summed E-state index contributed by atoms with van der Waals surface area (Å²) in [6.07, 6.45) is 0. The third kappa shape index (κ3) is 2.52. The van der Waals surface area contributed by atoms with Gasteiger partial charge in [-0.05, 0) is 23.6 Å². The fourth-order valence-corrected chi connectivity index (χ4v) is 3.10. The van der Waals surface area contributed by atoms with Gasteiger partial charge in [0, 0.05) is 11.5 Å². The minimum atomic E-state index is -0.115. The van der Waals surface area contributed by atoms with E-state index in [-0.39, 0.29) is 5.56 Å². The molecule has 24 heavy (non-hydrogen) atoms. The first kappa shape index (κ1) is 14.5. The summed E-state index contributed by atoms with van der Waals surface area (Å²) in [5.41, 5.74) is 4.66. The van der Waals surface area contributed by atoms with E-state index in [1.54, 1.807) is 6.07 Å². The molecule has 0 saturated heterocycles. The van der Waals surface area contributed by atoms with Gasteiger partial charge in [-0.15, -0.1) is 0 Å². The molecule has 0 spiro atoms. The van der Waals surface area contributed by atoms with Crippen molar-refractivity contribution in [1.29, 1.82) is 0 Å². The van der Waals surface area contributed by atoms with E-state index in [0.717, 1.165) is 33.4 Å². The first-order chi connectivity index (χ1) is 11.7. The number of nitrogens with zero attached hydrogens (tertiary/aromatic N) is 2. The number of benzene rings is 2. The molecule has 0 aliphatic rings. The van der Waals surface area contributed by atoms with Gasteiger partial charge in [0.25, 0.3) is 0 Å². The molecule has 0 radical (unpaired) electrons. The van der Waals surface area contributed by atoms with Crippen LogP contribution in [0, 0.1) is 6.92 Å². The van der Waals surface area contributed by atoms with Crippen LogP contribution in [0.5, 0.6) is 0 Å². The van der Waals surface area contributed by atoms with Crippen molar-refractivity contribution in [3.05, 3.63) is 88.3 Å². The molecule has 2 aromatic carbocycles. The lowest BCUT2D eigenvalue weighted by molar-refractivity contribution is 0.695. The van der Waals surface area contributed by atoms with Crippen LogP contribution in [-0.2, 0) is 6.54 Å². The molecule has 0 unspecified atom stereocenters. The van der Waals surface area contributed by atoms with Crippen LogP contribution in [0.2, 0.25) is 0 Å². The number of fused-ring (bicyclic) bond motifs is 1. The van der Waals surface area contributed by atoms with Crippen molar-refractivity contribution in [2.45, 2.75) is 13.5 Å². The van der Waals surface area contributed by atoms with Crippen LogP contribution in [0.25, 0.3) is 22.2 Å². The molecule has 2 heterocycles. The summed E-state index contributed by atoms with van der Waals surface area (Å²) in [6, 6.07) is 21.7. The van der Waals surface area contributed by atoms with Crippen LogP contribution in [0.1, 0.15) is 11.3 Å². The van der Waals surface area contributed by atoms with Crippen LogP contribution >= 0.6 is 0 Å². The van der Waals surface area contributed by atoms with Gasteiger partial charge in [-0.3, -0.25) is 4.79 Å². The maximum absolute atomic E-state index is 12.2. The maximum Gasteiger partial charge on any atom is 0.250 e. The van der Waals surface area contributed by atoms with Crippen molar-refractivity contribution >= 4 is 11.0 Å². The second kappa shape index (κ2) is 5.81. The largest absolute Gasteiger partial charge is 0.307 e. The Morgan fingerprint density at radius 1 is 1.00 bits per heavy atom. The summed E-state index contributed by atoms with van der Waals surface area (Å²) in [6.45, 7) is 2.61.